The summed E-state index contributed by atoms with van der Waals surface area (Å²) in [6, 6.07) is 0.251. The molecule has 0 aromatic heterocycles. The average Bonchev–Trinajstić information content (AvgIpc) is 2.67. The van der Waals surface area contributed by atoms with E-state index in [1.54, 1.807) is 0 Å². The summed E-state index contributed by atoms with van der Waals surface area (Å²) in [6.07, 6.45) is 3.49. The van der Waals surface area contributed by atoms with Crippen molar-refractivity contribution in [3.05, 3.63) is 0 Å². The molecule has 3 fully saturated rings. The van der Waals surface area contributed by atoms with E-state index < -0.39 is 0 Å². The summed E-state index contributed by atoms with van der Waals surface area (Å²) < 4.78 is 5.42. The van der Waals surface area contributed by atoms with Crippen LogP contribution in [0.5, 0.6) is 0 Å². The molecule has 0 aromatic carbocycles. The van der Waals surface area contributed by atoms with Gasteiger partial charge in [0.15, 0.2) is 0 Å². The van der Waals surface area contributed by atoms with Crippen molar-refractivity contribution in [3.8, 4) is 0 Å². The fourth-order valence-electron chi connectivity index (χ4n) is 3.56. The van der Waals surface area contributed by atoms with Gasteiger partial charge >= 0.3 is 5.97 Å². The molecule has 0 aliphatic carbocycles. The van der Waals surface area contributed by atoms with Gasteiger partial charge < -0.3 is 9.64 Å². The molecule has 3 aliphatic heterocycles. The minimum atomic E-state index is -0.0730. The lowest BCUT2D eigenvalue weighted by Crippen LogP contribution is -2.41. The number of hydrogen-bond acceptors (Lipinski definition) is 3. The molecule has 3 saturated heterocycles. The highest BCUT2D eigenvalue weighted by Gasteiger charge is 2.51. The van der Waals surface area contributed by atoms with Crippen LogP contribution in [0.25, 0.3) is 0 Å². The Labute approximate surface area is 94.9 Å². The lowest BCUT2D eigenvalue weighted by Gasteiger charge is -2.29. The first-order valence-corrected chi connectivity index (χ1v) is 6.18. The molecule has 3 heterocycles. The maximum absolute atomic E-state index is 11.7. The summed E-state index contributed by atoms with van der Waals surface area (Å²) in [5.41, 5.74) is 0. The van der Waals surface area contributed by atoms with Crippen LogP contribution in [0.4, 0.5) is 0 Å². The number of amides is 1. The highest BCUT2D eigenvalue weighted by molar-refractivity contribution is 5.80. The predicted octanol–water partition coefficient (Wildman–Crippen LogP) is 0.949. The van der Waals surface area contributed by atoms with Crippen LogP contribution in [0, 0.1) is 11.8 Å². The SMILES string of the molecule is C[C@@H]1C(=O)O[C@@H]2CCCN3C(=O)CC[C@H]3[C@@H]12. The fourth-order valence-corrected chi connectivity index (χ4v) is 3.56. The van der Waals surface area contributed by atoms with E-state index in [1.165, 1.54) is 0 Å². The molecule has 0 saturated carbocycles. The maximum atomic E-state index is 11.7. The van der Waals surface area contributed by atoms with Crippen LogP contribution in [0.3, 0.4) is 0 Å². The average molecular weight is 223 g/mol. The van der Waals surface area contributed by atoms with Crippen molar-refractivity contribution in [2.75, 3.05) is 6.54 Å². The van der Waals surface area contributed by atoms with Crippen molar-refractivity contribution in [1.29, 1.82) is 0 Å². The summed E-state index contributed by atoms with van der Waals surface area (Å²) in [6.45, 7) is 2.79. The van der Waals surface area contributed by atoms with E-state index in [0.29, 0.717) is 6.42 Å². The van der Waals surface area contributed by atoms with Crippen LogP contribution in [-0.4, -0.2) is 35.5 Å². The minimum Gasteiger partial charge on any atom is -0.462 e. The van der Waals surface area contributed by atoms with Crippen LogP contribution >= 0.6 is 0 Å². The van der Waals surface area contributed by atoms with E-state index in [-0.39, 0.29) is 35.9 Å². The highest BCUT2D eigenvalue weighted by Crippen LogP contribution is 2.41. The molecule has 0 bridgehead atoms. The molecule has 1 amide bonds. The Morgan fingerprint density at radius 1 is 1.31 bits per heavy atom. The fraction of sp³-hybridized carbons (Fsp3) is 0.833. The van der Waals surface area contributed by atoms with E-state index >= 15 is 0 Å². The van der Waals surface area contributed by atoms with Gasteiger partial charge in [-0.05, 0) is 19.3 Å². The van der Waals surface area contributed by atoms with Crippen LogP contribution in [-0.2, 0) is 14.3 Å². The molecule has 88 valence electrons. The molecular weight excluding hydrogens is 206 g/mol. The molecule has 0 aromatic rings. The summed E-state index contributed by atoms with van der Waals surface area (Å²) in [4.78, 5) is 25.3. The lowest BCUT2D eigenvalue weighted by molar-refractivity contribution is -0.144. The van der Waals surface area contributed by atoms with Gasteiger partial charge in [-0.15, -0.1) is 0 Å². The molecule has 0 radical (unpaired) electrons. The number of carbonyl (C=O) groups is 2. The minimum absolute atomic E-state index is 0.0403. The number of carbonyl (C=O) groups excluding carboxylic acids is 2. The molecule has 0 spiro atoms. The summed E-state index contributed by atoms with van der Waals surface area (Å²) in [5, 5.41) is 0. The highest BCUT2D eigenvalue weighted by atomic mass is 16.6. The van der Waals surface area contributed by atoms with Gasteiger partial charge in [0.05, 0.1) is 5.92 Å². The molecule has 16 heavy (non-hydrogen) atoms. The Balaban J connectivity index is 1.91. The summed E-state index contributed by atoms with van der Waals surface area (Å²) in [5.74, 6) is 0.386. The first-order chi connectivity index (χ1) is 7.68. The van der Waals surface area contributed by atoms with Crippen molar-refractivity contribution >= 4 is 11.9 Å². The van der Waals surface area contributed by atoms with Gasteiger partial charge in [0, 0.05) is 24.9 Å². The van der Waals surface area contributed by atoms with Crippen molar-refractivity contribution in [3.63, 3.8) is 0 Å². The second kappa shape index (κ2) is 3.47. The largest absolute Gasteiger partial charge is 0.462 e. The third-order valence-corrected chi connectivity index (χ3v) is 4.35. The summed E-state index contributed by atoms with van der Waals surface area (Å²) in [7, 11) is 0. The zero-order valence-corrected chi connectivity index (χ0v) is 9.52. The maximum Gasteiger partial charge on any atom is 0.309 e. The second-order valence-corrected chi connectivity index (χ2v) is 5.18. The normalized spacial score (nSPS) is 42.7. The zero-order chi connectivity index (χ0) is 11.3. The molecule has 0 N–H and O–H groups in total. The van der Waals surface area contributed by atoms with Crippen LogP contribution < -0.4 is 0 Å². The quantitative estimate of drug-likeness (QED) is 0.574. The van der Waals surface area contributed by atoms with E-state index in [9.17, 15) is 9.59 Å². The lowest BCUT2D eigenvalue weighted by atomic mass is 9.83. The van der Waals surface area contributed by atoms with E-state index in [0.717, 1.165) is 25.8 Å². The molecule has 0 unspecified atom stereocenters. The number of ether oxygens (including phenoxy) is 1. The number of hydrogen-bond donors (Lipinski definition) is 0. The van der Waals surface area contributed by atoms with Crippen molar-refractivity contribution in [2.24, 2.45) is 11.8 Å². The molecule has 4 heteroatoms. The molecular formula is C12H17NO3. The zero-order valence-electron chi connectivity index (χ0n) is 9.52. The first kappa shape index (κ1) is 10.1. The Hall–Kier alpha value is -1.06. The second-order valence-electron chi connectivity index (χ2n) is 5.18. The van der Waals surface area contributed by atoms with Crippen LogP contribution in [0.2, 0.25) is 0 Å². The van der Waals surface area contributed by atoms with Crippen LogP contribution in [0.15, 0.2) is 0 Å². The summed E-state index contributed by atoms with van der Waals surface area (Å²) >= 11 is 0. The Kier molecular flexibility index (Phi) is 2.19. The number of rotatable bonds is 0. The van der Waals surface area contributed by atoms with E-state index in [1.807, 2.05) is 11.8 Å². The monoisotopic (exact) mass is 223 g/mol. The molecule has 4 atom stereocenters. The topological polar surface area (TPSA) is 46.6 Å². The van der Waals surface area contributed by atoms with E-state index in [4.69, 9.17) is 4.74 Å². The van der Waals surface area contributed by atoms with Gasteiger partial charge in [-0.3, -0.25) is 9.59 Å². The van der Waals surface area contributed by atoms with Crippen molar-refractivity contribution < 1.29 is 14.3 Å². The van der Waals surface area contributed by atoms with Gasteiger partial charge in [0.25, 0.3) is 0 Å². The van der Waals surface area contributed by atoms with Gasteiger partial charge in [-0.25, -0.2) is 0 Å². The van der Waals surface area contributed by atoms with Gasteiger partial charge in [-0.2, -0.15) is 0 Å². The van der Waals surface area contributed by atoms with Crippen molar-refractivity contribution in [2.45, 2.75) is 44.8 Å². The van der Waals surface area contributed by atoms with Gasteiger partial charge in [0.1, 0.15) is 6.10 Å². The molecule has 3 aliphatic rings. The standard InChI is InChI=1S/C12H17NO3/c1-7-11-8-4-5-10(14)13(8)6-2-3-9(11)16-12(7)15/h7-9,11H,2-6H2,1H3/t7-,8-,9+,11+/m0/s1. The number of nitrogens with zero attached hydrogens (tertiary/aromatic N) is 1. The smallest absolute Gasteiger partial charge is 0.309 e. The Morgan fingerprint density at radius 3 is 2.94 bits per heavy atom. The van der Waals surface area contributed by atoms with Crippen molar-refractivity contribution in [1.82, 2.24) is 4.90 Å². The predicted molar refractivity (Wildman–Crippen MR) is 56.5 cm³/mol. The first-order valence-electron chi connectivity index (χ1n) is 6.18. The van der Waals surface area contributed by atoms with Gasteiger partial charge in [0.2, 0.25) is 5.91 Å². The van der Waals surface area contributed by atoms with Crippen LogP contribution in [0.1, 0.15) is 32.6 Å². The third kappa shape index (κ3) is 1.28. The Morgan fingerprint density at radius 2 is 2.12 bits per heavy atom. The third-order valence-electron chi connectivity index (χ3n) is 4.35. The number of fused-ring (bicyclic) bond motifs is 3. The molecule has 4 nitrogen and oxygen atoms in total. The number of esters is 1. The Bertz CT molecular complexity index is 339. The van der Waals surface area contributed by atoms with Gasteiger partial charge in [-0.1, -0.05) is 6.92 Å². The van der Waals surface area contributed by atoms with E-state index in [2.05, 4.69) is 0 Å². The molecule has 3 rings (SSSR count).